The normalized spacial score (nSPS) is 11.4. The molecule has 0 heterocycles. The van der Waals surface area contributed by atoms with Crippen molar-refractivity contribution in [3.63, 3.8) is 0 Å². The molecule has 0 amide bonds. The summed E-state index contributed by atoms with van der Waals surface area (Å²) in [5.74, 6) is -0.789. The van der Waals surface area contributed by atoms with Crippen LogP contribution in [0.5, 0.6) is 0 Å². The lowest BCUT2D eigenvalue weighted by Gasteiger charge is -2.12. The second kappa shape index (κ2) is 6.00. The number of sulfonamides is 1. The summed E-state index contributed by atoms with van der Waals surface area (Å²) in [6.45, 7) is 0. The minimum absolute atomic E-state index is 0.224. The zero-order valence-corrected chi connectivity index (χ0v) is 14.1. The van der Waals surface area contributed by atoms with Crippen molar-refractivity contribution in [3.8, 4) is 0 Å². The van der Waals surface area contributed by atoms with E-state index in [9.17, 15) is 12.8 Å². The van der Waals surface area contributed by atoms with E-state index in [0.717, 1.165) is 12.1 Å². The van der Waals surface area contributed by atoms with Crippen LogP contribution in [-0.2, 0) is 10.0 Å². The van der Waals surface area contributed by atoms with Crippen LogP contribution in [0.25, 0.3) is 0 Å². The van der Waals surface area contributed by atoms with Crippen LogP contribution < -0.4 is 10.5 Å². The Morgan fingerprint density at radius 1 is 1.19 bits per heavy atom. The summed E-state index contributed by atoms with van der Waals surface area (Å²) in [4.78, 5) is -0.324. The number of nitrogen functional groups attached to an aromatic ring is 1. The van der Waals surface area contributed by atoms with Crippen molar-refractivity contribution in [1.29, 1.82) is 0 Å². The summed E-state index contributed by atoms with van der Waals surface area (Å²) >= 11 is 14.8. The zero-order valence-electron chi connectivity index (χ0n) is 10.2. The lowest BCUT2D eigenvalue weighted by atomic mass is 10.3. The van der Waals surface area contributed by atoms with Gasteiger partial charge in [0, 0.05) is 9.50 Å². The summed E-state index contributed by atoms with van der Waals surface area (Å²) < 4.78 is 40.7. The summed E-state index contributed by atoms with van der Waals surface area (Å²) in [6, 6.07) is 6.40. The molecule has 0 spiro atoms. The van der Waals surface area contributed by atoms with Gasteiger partial charge >= 0.3 is 0 Å². The Kier molecular flexibility index (Phi) is 4.67. The van der Waals surface area contributed by atoms with Crippen LogP contribution in [0.4, 0.5) is 15.8 Å². The third-order valence-corrected chi connectivity index (χ3v) is 5.27. The second-order valence-electron chi connectivity index (χ2n) is 4.03. The number of halogens is 4. The van der Waals surface area contributed by atoms with Crippen LogP contribution >= 0.6 is 39.1 Å². The number of hydrogen-bond acceptors (Lipinski definition) is 3. The number of nitrogens with one attached hydrogen (secondary N) is 1. The number of benzene rings is 2. The Hall–Kier alpha value is -1.02. The van der Waals surface area contributed by atoms with E-state index in [1.165, 1.54) is 6.07 Å². The third kappa shape index (κ3) is 3.60. The summed E-state index contributed by atoms with van der Waals surface area (Å²) in [6.07, 6.45) is 0. The molecule has 21 heavy (non-hydrogen) atoms. The van der Waals surface area contributed by atoms with Gasteiger partial charge in [0.15, 0.2) is 0 Å². The number of nitrogens with two attached hydrogens (primary N) is 1. The first kappa shape index (κ1) is 16.4. The quantitative estimate of drug-likeness (QED) is 0.737. The van der Waals surface area contributed by atoms with Crippen molar-refractivity contribution in [2.45, 2.75) is 4.90 Å². The molecule has 0 aliphatic heterocycles. The first-order valence-electron chi connectivity index (χ1n) is 5.43. The molecule has 112 valence electrons. The van der Waals surface area contributed by atoms with Crippen molar-refractivity contribution in [2.24, 2.45) is 0 Å². The molecule has 0 saturated heterocycles. The number of hydrogen-bond donors (Lipinski definition) is 2. The lowest BCUT2D eigenvalue weighted by Crippen LogP contribution is -2.14. The van der Waals surface area contributed by atoms with Crippen molar-refractivity contribution >= 4 is 60.5 Å². The first-order chi connectivity index (χ1) is 9.70. The lowest BCUT2D eigenvalue weighted by molar-refractivity contribution is 0.600. The summed E-state index contributed by atoms with van der Waals surface area (Å²) in [5.41, 5.74) is 5.29. The van der Waals surface area contributed by atoms with Gasteiger partial charge in [0.2, 0.25) is 0 Å². The molecule has 0 atom stereocenters. The molecule has 0 aliphatic rings. The van der Waals surface area contributed by atoms with E-state index in [4.69, 9.17) is 28.9 Å². The van der Waals surface area contributed by atoms with E-state index in [0.29, 0.717) is 9.50 Å². The maximum absolute atomic E-state index is 13.2. The molecule has 9 heteroatoms. The van der Waals surface area contributed by atoms with Crippen LogP contribution in [-0.4, -0.2) is 8.42 Å². The average molecular weight is 414 g/mol. The van der Waals surface area contributed by atoms with Gasteiger partial charge in [-0.25, -0.2) is 12.8 Å². The minimum atomic E-state index is -4.04. The van der Waals surface area contributed by atoms with E-state index in [2.05, 4.69) is 20.7 Å². The molecule has 0 bridgehead atoms. The van der Waals surface area contributed by atoms with Crippen molar-refractivity contribution in [1.82, 2.24) is 0 Å². The van der Waals surface area contributed by atoms with Crippen LogP contribution in [0.15, 0.2) is 39.7 Å². The van der Waals surface area contributed by atoms with Crippen molar-refractivity contribution < 1.29 is 12.8 Å². The Morgan fingerprint density at radius 2 is 1.86 bits per heavy atom. The van der Waals surface area contributed by atoms with Crippen LogP contribution in [0.2, 0.25) is 10.0 Å². The molecule has 4 nitrogen and oxygen atoms in total. The van der Waals surface area contributed by atoms with Crippen molar-refractivity contribution in [3.05, 3.63) is 50.7 Å². The molecule has 2 aromatic rings. The van der Waals surface area contributed by atoms with Crippen LogP contribution in [0.3, 0.4) is 0 Å². The van der Waals surface area contributed by atoms with Gasteiger partial charge in [-0.15, -0.1) is 0 Å². The highest BCUT2D eigenvalue weighted by Crippen LogP contribution is 2.31. The van der Waals surface area contributed by atoms with Gasteiger partial charge in [-0.3, -0.25) is 4.72 Å². The van der Waals surface area contributed by atoms with Crippen molar-refractivity contribution in [2.75, 3.05) is 10.5 Å². The highest BCUT2D eigenvalue weighted by molar-refractivity contribution is 9.10. The molecule has 3 N–H and O–H groups in total. The number of rotatable bonds is 3. The maximum atomic E-state index is 13.2. The van der Waals surface area contributed by atoms with Gasteiger partial charge in [0.05, 0.1) is 16.4 Å². The second-order valence-corrected chi connectivity index (χ2v) is 7.38. The predicted octanol–water partition coefficient (Wildman–Crippen LogP) is 4.28. The molecule has 0 radical (unpaired) electrons. The fourth-order valence-corrected chi connectivity index (χ4v) is 3.80. The zero-order chi connectivity index (χ0) is 15.8. The monoisotopic (exact) mass is 412 g/mol. The molecule has 0 aromatic heterocycles. The van der Waals surface area contributed by atoms with E-state index in [1.807, 2.05) is 0 Å². The first-order valence-corrected chi connectivity index (χ1v) is 8.46. The topological polar surface area (TPSA) is 72.2 Å². The standard InChI is InChI=1S/C12H8BrCl2FN2O2S/c13-7-2-1-6(14)3-11(7)18-21(19,20)12-5-10(17)9(16)4-8(12)15/h1-5,18H,17H2. The van der Waals surface area contributed by atoms with E-state index in [-0.39, 0.29) is 21.3 Å². The van der Waals surface area contributed by atoms with Crippen LogP contribution in [0.1, 0.15) is 0 Å². The van der Waals surface area contributed by atoms with Gasteiger partial charge in [0.1, 0.15) is 10.7 Å². The molecule has 2 rings (SSSR count). The van der Waals surface area contributed by atoms with Gasteiger partial charge in [0.25, 0.3) is 10.0 Å². The van der Waals surface area contributed by atoms with Gasteiger partial charge < -0.3 is 5.73 Å². The Morgan fingerprint density at radius 3 is 2.52 bits per heavy atom. The minimum Gasteiger partial charge on any atom is -0.396 e. The molecular formula is C12H8BrCl2FN2O2S. The van der Waals surface area contributed by atoms with Gasteiger partial charge in [-0.2, -0.15) is 0 Å². The molecule has 0 unspecified atom stereocenters. The highest BCUT2D eigenvalue weighted by atomic mass is 79.9. The Labute approximate surface area is 139 Å². The average Bonchev–Trinajstić information content (AvgIpc) is 2.37. The fourth-order valence-electron chi connectivity index (χ4n) is 1.53. The highest BCUT2D eigenvalue weighted by Gasteiger charge is 2.21. The molecule has 0 aliphatic carbocycles. The van der Waals surface area contributed by atoms with E-state index < -0.39 is 15.8 Å². The van der Waals surface area contributed by atoms with E-state index in [1.54, 1.807) is 12.1 Å². The van der Waals surface area contributed by atoms with Gasteiger partial charge in [-0.1, -0.05) is 23.2 Å². The van der Waals surface area contributed by atoms with E-state index >= 15 is 0 Å². The Bertz CT molecular complexity index is 815. The fraction of sp³-hybridized carbons (Fsp3) is 0. The summed E-state index contributed by atoms with van der Waals surface area (Å²) in [7, 11) is -4.04. The maximum Gasteiger partial charge on any atom is 0.263 e. The molecular weight excluding hydrogens is 406 g/mol. The van der Waals surface area contributed by atoms with Gasteiger partial charge in [-0.05, 0) is 46.3 Å². The smallest absolute Gasteiger partial charge is 0.263 e. The summed E-state index contributed by atoms with van der Waals surface area (Å²) in [5, 5.41) is 0.0768. The SMILES string of the molecule is Nc1cc(S(=O)(=O)Nc2cc(Cl)ccc2Br)c(Cl)cc1F. The molecule has 0 fully saturated rings. The molecule has 0 saturated carbocycles. The predicted molar refractivity (Wildman–Crippen MR) is 85.8 cm³/mol. The molecule has 2 aromatic carbocycles. The third-order valence-electron chi connectivity index (χ3n) is 2.51. The van der Waals surface area contributed by atoms with Crippen LogP contribution in [0, 0.1) is 5.82 Å². The Balaban J connectivity index is 2.48. The number of anilines is 2. The largest absolute Gasteiger partial charge is 0.396 e.